The predicted molar refractivity (Wildman–Crippen MR) is 38.0 cm³/mol. The standard InChI is InChI=1S/C7H14N2/c1-4-5-7(2,6-8)9-3/h9H,4-5H2,1-3H3. The fourth-order valence-electron chi connectivity index (χ4n) is 0.737. The Kier molecular flexibility index (Phi) is 3.26. The van der Waals surface area contributed by atoms with Gasteiger partial charge in [-0.25, -0.2) is 0 Å². The first-order chi connectivity index (χ1) is 4.18. The van der Waals surface area contributed by atoms with E-state index in [4.69, 9.17) is 5.26 Å². The summed E-state index contributed by atoms with van der Waals surface area (Å²) < 4.78 is 0. The lowest BCUT2D eigenvalue weighted by atomic mass is 9.99. The van der Waals surface area contributed by atoms with Gasteiger partial charge >= 0.3 is 0 Å². The van der Waals surface area contributed by atoms with Crippen LogP contribution in [0, 0.1) is 11.3 Å². The molecule has 0 aliphatic rings. The highest BCUT2D eigenvalue weighted by Gasteiger charge is 2.18. The highest BCUT2D eigenvalue weighted by atomic mass is 14.9. The molecule has 0 aliphatic carbocycles. The maximum absolute atomic E-state index is 8.60. The molecule has 0 rings (SSSR count). The number of nitriles is 1. The number of nitrogens with zero attached hydrogens (tertiary/aromatic N) is 1. The molecule has 0 radical (unpaired) electrons. The monoisotopic (exact) mass is 126 g/mol. The second-order valence-electron chi connectivity index (χ2n) is 2.44. The minimum Gasteiger partial charge on any atom is -0.303 e. The number of nitrogens with one attached hydrogen (secondary N) is 1. The molecule has 1 unspecified atom stereocenters. The van der Waals surface area contributed by atoms with E-state index in [-0.39, 0.29) is 5.54 Å². The highest BCUT2D eigenvalue weighted by Crippen LogP contribution is 2.08. The van der Waals surface area contributed by atoms with Crippen LogP contribution in [0.1, 0.15) is 26.7 Å². The number of hydrogen-bond donors (Lipinski definition) is 1. The van der Waals surface area contributed by atoms with Crippen molar-refractivity contribution in [2.75, 3.05) is 7.05 Å². The molecule has 0 heterocycles. The summed E-state index contributed by atoms with van der Waals surface area (Å²) in [5.74, 6) is 0. The van der Waals surface area contributed by atoms with E-state index in [1.807, 2.05) is 14.0 Å². The third-order valence-corrected chi connectivity index (χ3v) is 1.55. The molecule has 0 saturated heterocycles. The van der Waals surface area contributed by atoms with Crippen LogP contribution in [-0.4, -0.2) is 12.6 Å². The molecule has 0 spiro atoms. The Morgan fingerprint density at radius 2 is 2.22 bits per heavy atom. The van der Waals surface area contributed by atoms with Crippen LogP contribution in [0.2, 0.25) is 0 Å². The van der Waals surface area contributed by atoms with Crippen LogP contribution in [-0.2, 0) is 0 Å². The molecule has 52 valence electrons. The van der Waals surface area contributed by atoms with E-state index in [1.165, 1.54) is 0 Å². The van der Waals surface area contributed by atoms with Gasteiger partial charge in [0.2, 0.25) is 0 Å². The molecule has 2 nitrogen and oxygen atoms in total. The minimum absolute atomic E-state index is 0.311. The molecular formula is C7H14N2. The van der Waals surface area contributed by atoms with Crippen molar-refractivity contribution in [1.82, 2.24) is 5.32 Å². The smallest absolute Gasteiger partial charge is 0.103 e. The Balaban J connectivity index is 3.81. The van der Waals surface area contributed by atoms with Gasteiger partial charge in [0.25, 0.3) is 0 Å². The summed E-state index contributed by atoms with van der Waals surface area (Å²) in [6, 6.07) is 2.22. The van der Waals surface area contributed by atoms with E-state index in [0.29, 0.717) is 0 Å². The van der Waals surface area contributed by atoms with Crippen molar-refractivity contribution < 1.29 is 0 Å². The van der Waals surface area contributed by atoms with Gasteiger partial charge in [-0.3, -0.25) is 0 Å². The van der Waals surface area contributed by atoms with E-state index in [2.05, 4.69) is 18.3 Å². The fraction of sp³-hybridized carbons (Fsp3) is 0.857. The molecule has 0 bridgehead atoms. The van der Waals surface area contributed by atoms with Gasteiger partial charge in [0.1, 0.15) is 5.54 Å². The lowest BCUT2D eigenvalue weighted by molar-refractivity contribution is 0.450. The van der Waals surface area contributed by atoms with E-state index < -0.39 is 0 Å². The van der Waals surface area contributed by atoms with Crippen LogP contribution in [0.15, 0.2) is 0 Å². The van der Waals surface area contributed by atoms with Crippen molar-refractivity contribution in [2.24, 2.45) is 0 Å². The quantitative estimate of drug-likeness (QED) is 0.618. The maximum atomic E-state index is 8.60. The third kappa shape index (κ3) is 2.48. The van der Waals surface area contributed by atoms with Crippen LogP contribution in [0.5, 0.6) is 0 Å². The summed E-state index contributed by atoms with van der Waals surface area (Å²) in [7, 11) is 1.82. The summed E-state index contributed by atoms with van der Waals surface area (Å²) in [5.41, 5.74) is -0.311. The minimum atomic E-state index is -0.311. The summed E-state index contributed by atoms with van der Waals surface area (Å²) in [6.45, 7) is 3.99. The second kappa shape index (κ2) is 3.47. The fourth-order valence-corrected chi connectivity index (χ4v) is 0.737. The molecule has 1 N–H and O–H groups in total. The summed E-state index contributed by atoms with van der Waals surface area (Å²) in [5, 5.41) is 11.6. The molecule has 0 aromatic carbocycles. The first-order valence-electron chi connectivity index (χ1n) is 3.28. The van der Waals surface area contributed by atoms with Crippen LogP contribution in [0.4, 0.5) is 0 Å². The Morgan fingerprint density at radius 1 is 1.67 bits per heavy atom. The molecule has 0 aliphatic heterocycles. The first-order valence-corrected chi connectivity index (χ1v) is 3.28. The molecule has 0 fully saturated rings. The van der Waals surface area contributed by atoms with Crippen molar-refractivity contribution in [3.63, 3.8) is 0 Å². The molecule has 1 atom stereocenters. The average Bonchev–Trinajstić information content (AvgIpc) is 1.89. The van der Waals surface area contributed by atoms with Crippen LogP contribution in [0.25, 0.3) is 0 Å². The normalized spacial score (nSPS) is 16.2. The lowest BCUT2D eigenvalue weighted by Crippen LogP contribution is -2.37. The average molecular weight is 126 g/mol. The van der Waals surface area contributed by atoms with E-state index in [9.17, 15) is 0 Å². The molecule has 9 heavy (non-hydrogen) atoms. The number of hydrogen-bond acceptors (Lipinski definition) is 2. The Morgan fingerprint density at radius 3 is 2.33 bits per heavy atom. The third-order valence-electron chi connectivity index (χ3n) is 1.55. The van der Waals surface area contributed by atoms with Crippen molar-refractivity contribution in [2.45, 2.75) is 32.2 Å². The molecule has 0 saturated carbocycles. The SMILES string of the molecule is CCCC(C)(C#N)NC. The summed E-state index contributed by atoms with van der Waals surface area (Å²) >= 11 is 0. The maximum Gasteiger partial charge on any atom is 0.103 e. The van der Waals surface area contributed by atoms with Gasteiger partial charge in [0.15, 0.2) is 0 Å². The molecule has 2 heteroatoms. The van der Waals surface area contributed by atoms with Gasteiger partial charge in [0.05, 0.1) is 6.07 Å². The van der Waals surface area contributed by atoms with Gasteiger partial charge in [0, 0.05) is 0 Å². The van der Waals surface area contributed by atoms with Gasteiger partial charge in [-0.2, -0.15) is 5.26 Å². The van der Waals surface area contributed by atoms with Crippen molar-refractivity contribution in [3.8, 4) is 6.07 Å². The van der Waals surface area contributed by atoms with Crippen LogP contribution in [0.3, 0.4) is 0 Å². The Labute approximate surface area is 56.9 Å². The van der Waals surface area contributed by atoms with Crippen molar-refractivity contribution >= 4 is 0 Å². The Hall–Kier alpha value is -0.550. The van der Waals surface area contributed by atoms with Gasteiger partial charge < -0.3 is 5.32 Å². The highest BCUT2D eigenvalue weighted by molar-refractivity contribution is 5.02. The zero-order chi connectivity index (χ0) is 7.33. The molecule has 0 aromatic heterocycles. The van der Waals surface area contributed by atoms with Gasteiger partial charge in [-0.15, -0.1) is 0 Å². The Bertz CT molecular complexity index is 115. The van der Waals surface area contributed by atoms with Gasteiger partial charge in [-0.05, 0) is 20.4 Å². The largest absolute Gasteiger partial charge is 0.303 e. The zero-order valence-electron chi connectivity index (χ0n) is 6.36. The topological polar surface area (TPSA) is 35.8 Å². The zero-order valence-corrected chi connectivity index (χ0v) is 6.36. The van der Waals surface area contributed by atoms with Crippen molar-refractivity contribution in [3.05, 3.63) is 0 Å². The second-order valence-corrected chi connectivity index (χ2v) is 2.44. The lowest BCUT2D eigenvalue weighted by Gasteiger charge is -2.18. The van der Waals surface area contributed by atoms with Crippen LogP contribution < -0.4 is 5.32 Å². The summed E-state index contributed by atoms with van der Waals surface area (Å²) in [6.07, 6.45) is 1.96. The first kappa shape index (κ1) is 8.45. The van der Waals surface area contributed by atoms with Crippen LogP contribution >= 0.6 is 0 Å². The molecule has 0 amide bonds. The molecular weight excluding hydrogens is 112 g/mol. The summed E-state index contributed by atoms with van der Waals surface area (Å²) in [4.78, 5) is 0. The predicted octanol–water partition coefficient (Wildman–Crippen LogP) is 1.29. The van der Waals surface area contributed by atoms with E-state index in [0.717, 1.165) is 12.8 Å². The number of rotatable bonds is 3. The van der Waals surface area contributed by atoms with Crippen molar-refractivity contribution in [1.29, 1.82) is 5.26 Å². The van der Waals surface area contributed by atoms with E-state index >= 15 is 0 Å². The van der Waals surface area contributed by atoms with E-state index in [1.54, 1.807) is 0 Å². The molecule has 0 aromatic rings. The van der Waals surface area contributed by atoms with Gasteiger partial charge in [-0.1, -0.05) is 13.3 Å².